The summed E-state index contributed by atoms with van der Waals surface area (Å²) in [6.45, 7) is 0. The van der Waals surface area contributed by atoms with Gasteiger partial charge in [-0.25, -0.2) is 0 Å². The van der Waals surface area contributed by atoms with Gasteiger partial charge in [-0.2, -0.15) is 0 Å². The molecule has 0 radical (unpaired) electrons. The minimum absolute atomic E-state index is 0.137. The average Bonchev–Trinajstić information content (AvgIpc) is 2.57. The number of hydrogen-bond donors (Lipinski definition) is 4. The van der Waals surface area contributed by atoms with Crippen LogP contribution in [0.15, 0.2) is 66.9 Å². The molecule has 0 heterocycles. The maximum atomic E-state index is 11.8. The van der Waals surface area contributed by atoms with Gasteiger partial charge in [0.25, 0.3) is 5.91 Å². The van der Waals surface area contributed by atoms with Gasteiger partial charge in [0.2, 0.25) is 5.78 Å². The molecule has 6 nitrogen and oxygen atoms in total. The molecule has 2 aromatic rings. The molecular formula is C17H15N3O3. The van der Waals surface area contributed by atoms with Crippen molar-refractivity contribution in [3.8, 4) is 5.75 Å². The van der Waals surface area contributed by atoms with Crippen LogP contribution >= 0.6 is 0 Å². The highest BCUT2D eigenvalue weighted by atomic mass is 16.3. The van der Waals surface area contributed by atoms with Gasteiger partial charge in [-0.05, 0) is 24.3 Å². The van der Waals surface area contributed by atoms with Crippen LogP contribution in [0.25, 0.3) is 0 Å². The second kappa shape index (κ2) is 7.56. The maximum absolute atomic E-state index is 11.8. The molecule has 2 aromatic carbocycles. The number of allylic oxidation sites excluding steroid dienone is 1. The normalized spacial score (nSPS) is 10.3. The van der Waals surface area contributed by atoms with Gasteiger partial charge in [0.05, 0.1) is 5.69 Å². The molecule has 23 heavy (non-hydrogen) atoms. The zero-order valence-corrected chi connectivity index (χ0v) is 12.1. The van der Waals surface area contributed by atoms with Crippen molar-refractivity contribution in [2.75, 3.05) is 10.6 Å². The average molecular weight is 309 g/mol. The van der Waals surface area contributed by atoms with Crippen molar-refractivity contribution in [3.05, 3.63) is 66.9 Å². The quantitative estimate of drug-likeness (QED) is 0.285. The number of amides is 1. The van der Waals surface area contributed by atoms with E-state index in [1.54, 1.807) is 12.1 Å². The Morgan fingerprint density at radius 2 is 1.65 bits per heavy atom. The summed E-state index contributed by atoms with van der Waals surface area (Å²) in [5.41, 5.74) is 0.197. The summed E-state index contributed by atoms with van der Waals surface area (Å²) in [7, 11) is 0. The highest BCUT2D eigenvalue weighted by Gasteiger charge is 2.17. The molecule has 0 aliphatic rings. The molecule has 0 aliphatic carbocycles. The fraction of sp³-hybridized carbons (Fsp3) is 0. The van der Waals surface area contributed by atoms with E-state index in [0.29, 0.717) is 0 Å². The molecule has 2 rings (SSSR count). The molecular weight excluding hydrogens is 294 g/mol. The van der Waals surface area contributed by atoms with E-state index in [1.807, 2.05) is 30.3 Å². The van der Waals surface area contributed by atoms with Crippen molar-refractivity contribution in [2.45, 2.75) is 0 Å². The van der Waals surface area contributed by atoms with E-state index < -0.39 is 17.4 Å². The zero-order chi connectivity index (χ0) is 16.7. The molecule has 4 N–H and O–H groups in total. The summed E-state index contributed by atoms with van der Waals surface area (Å²) in [6.07, 6.45) is 2.46. The number of nitrogens with one attached hydrogen (secondary N) is 3. The molecule has 0 bridgehead atoms. The summed E-state index contributed by atoms with van der Waals surface area (Å²) in [6, 6.07) is 15.2. The number of carbonyl (C=O) groups excluding carboxylic acids is 2. The Bertz CT molecular complexity index is 755. The first-order chi connectivity index (χ1) is 11.1. The van der Waals surface area contributed by atoms with E-state index in [0.717, 1.165) is 11.8 Å². The van der Waals surface area contributed by atoms with Crippen LogP contribution in [0.2, 0.25) is 0 Å². The van der Waals surface area contributed by atoms with Crippen LogP contribution < -0.4 is 10.6 Å². The van der Waals surface area contributed by atoms with Crippen LogP contribution in [0.1, 0.15) is 0 Å². The number of ketones is 1. The molecule has 6 heteroatoms. The van der Waals surface area contributed by atoms with Gasteiger partial charge < -0.3 is 15.7 Å². The SMILES string of the molecule is N=C(C(=O)/C=C\Nc1ccccc1)C(=O)Nc1ccccc1O. The summed E-state index contributed by atoms with van der Waals surface area (Å²) in [5, 5.41) is 22.3. The van der Waals surface area contributed by atoms with Crippen molar-refractivity contribution in [1.82, 2.24) is 0 Å². The molecule has 0 saturated heterocycles. The van der Waals surface area contributed by atoms with E-state index in [-0.39, 0.29) is 11.4 Å². The fourth-order valence-corrected chi connectivity index (χ4v) is 1.71. The third-order valence-corrected chi connectivity index (χ3v) is 2.88. The van der Waals surface area contributed by atoms with Gasteiger partial charge in [-0.3, -0.25) is 15.0 Å². The second-order valence-corrected chi connectivity index (χ2v) is 4.55. The van der Waals surface area contributed by atoms with E-state index >= 15 is 0 Å². The van der Waals surface area contributed by atoms with Gasteiger partial charge in [-0.1, -0.05) is 30.3 Å². The lowest BCUT2D eigenvalue weighted by Crippen LogP contribution is -2.28. The zero-order valence-electron chi connectivity index (χ0n) is 12.1. The van der Waals surface area contributed by atoms with E-state index in [9.17, 15) is 14.7 Å². The Balaban J connectivity index is 1.93. The van der Waals surface area contributed by atoms with Gasteiger partial charge in [0.15, 0.2) is 5.71 Å². The van der Waals surface area contributed by atoms with Crippen LogP contribution in [0, 0.1) is 5.41 Å². The predicted octanol–water partition coefficient (Wildman–Crippen LogP) is 2.55. The van der Waals surface area contributed by atoms with Crippen LogP contribution in [0.5, 0.6) is 5.75 Å². The third-order valence-electron chi connectivity index (χ3n) is 2.88. The first-order valence-corrected chi connectivity index (χ1v) is 6.78. The highest BCUT2D eigenvalue weighted by Crippen LogP contribution is 2.21. The topological polar surface area (TPSA) is 102 Å². The fourth-order valence-electron chi connectivity index (χ4n) is 1.71. The lowest BCUT2D eigenvalue weighted by atomic mass is 10.2. The number of rotatable bonds is 6. The first-order valence-electron chi connectivity index (χ1n) is 6.78. The highest BCUT2D eigenvalue weighted by molar-refractivity contribution is 6.68. The molecule has 1 amide bonds. The number of aromatic hydroxyl groups is 1. The molecule has 0 atom stereocenters. The van der Waals surface area contributed by atoms with Gasteiger partial charge in [0.1, 0.15) is 5.75 Å². The summed E-state index contributed by atoms with van der Waals surface area (Å²) in [4.78, 5) is 23.6. The second-order valence-electron chi connectivity index (χ2n) is 4.55. The maximum Gasteiger partial charge on any atom is 0.277 e. The van der Waals surface area contributed by atoms with Gasteiger partial charge in [0, 0.05) is 18.0 Å². The van der Waals surface area contributed by atoms with Crippen LogP contribution in [0.4, 0.5) is 11.4 Å². The van der Waals surface area contributed by atoms with Crippen molar-refractivity contribution >= 4 is 28.8 Å². The summed E-state index contributed by atoms with van der Waals surface area (Å²) in [5.74, 6) is -1.77. The minimum Gasteiger partial charge on any atom is -0.506 e. The molecule has 0 spiro atoms. The Morgan fingerprint density at radius 1 is 1.00 bits per heavy atom. The predicted molar refractivity (Wildman–Crippen MR) is 88.7 cm³/mol. The number of anilines is 2. The third kappa shape index (κ3) is 4.53. The van der Waals surface area contributed by atoms with E-state index in [2.05, 4.69) is 10.6 Å². The van der Waals surface area contributed by atoms with Crippen LogP contribution in [-0.4, -0.2) is 22.5 Å². The van der Waals surface area contributed by atoms with E-state index in [4.69, 9.17) is 5.41 Å². The summed E-state index contributed by atoms with van der Waals surface area (Å²) < 4.78 is 0. The monoisotopic (exact) mass is 309 g/mol. The van der Waals surface area contributed by atoms with Crippen LogP contribution in [-0.2, 0) is 9.59 Å². The lowest BCUT2D eigenvalue weighted by molar-refractivity contribution is -0.113. The van der Waals surface area contributed by atoms with Crippen molar-refractivity contribution in [3.63, 3.8) is 0 Å². The molecule has 0 saturated carbocycles. The van der Waals surface area contributed by atoms with Gasteiger partial charge >= 0.3 is 0 Å². The number of phenolic OH excluding ortho intramolecular Hbond substituents is 1. The summed E-state index contributed by atoms with van der Waals surface area (Å²) >= 11 is 0. The number of benzene rings is 2. The lowest BCUT2D eigenvalue weighted by Gasteiger charge is -2.06. The number of carbonyl (C=O) groups is 2. The number of hydrogen-bond acceptors (Lipinski definition) is 5. The molecule has 0 aromatic heterocycles. The minimum atomic E-state index is -0.888. The first kappa shape index (κ1) is 16.0. The van der Waals surface area contributed by atoms with Crippen molar-refractivity contribution in [2.24, 2.45) is 0 Å². The smallest absolute Gasteiger partial charge is 0.277 e. The molecule has 0 fully saturated rings. The number of phenols is 1. The Hall–Kier alpha value is -3.41. The molecule has 116 valence electrons. The molecule has 0 unspecified atom stereocenters. The van der Waals surface area contributed by atoms with Crippen LogP contribution in [0.3, 0.4) is 0 Å². The Labute approximate surface area is 133 Å². The van der Waals surface area contributed by atoms with E-state index in [1.165, 1.54) is 18.3 Å². The Kier molecular flexibility index (Phi) is 5.25. The molecule has 0 aliphatic heterocycles. The Morgan fingerprint density at radius 3 is 2.35 bits per heavy atom. The van der Waals surface area contributed by atoms with Gasteiger partial charge in [-0.15, -0.1) is 0 Å². The standard InChI is InChI=1S/C17H15N3O3/c18-16(17(23)20-13-8-4-5-9-14(13)21)15(22)10-11-19-12-6-2-1-3-7-12/h1-11,18-19,21H,(H,20,23)/b11-10-,18-16?. The number of para-hydroxylation sites is 3. The largest absolute Gasteiger partial charge is 0.506 e. The van der Waals surface area contributed by atoms with Crippen molar-refractivity contribution < 1.29 is 14.7 Å². The van der Waals surface area contributed by atoms with Crippen molar-refractivity contribution in [1.29, 1.82) is 5.41 Å².